The predicted molar refractivity (Wildman–Crippen MR) is 74.3 cm³/mol. The molecular weight excluding hydrogens is 240 g/mol. The van der Waals surface area contributed by atoms with Crippen LogP contribution in [-0.2, 0) is 11.3 Å². The van der Waals surface area contributed by atoms with Crippen LogP contribution in [0.4, 0.5) is 0 Å². The summed E-state index contributed by atoms with van der Waals surface area (Å²) in [6.45, 7) is 9.89. The molecule has 4 nitrogen and oxygen atoms in total. The molecule has 2 rings (SSSR count). The smallest absolute Gasteiger partial charge is 0.223 e. The van der Waals surface area contributed by atoms with E-state index in [0.29, 0.717) is 18.9 Å². The number of carbonyl (C=O) groups excluding carboxylic acids is 2. The lowest BCUT2D eigenvalue weighted by Gasteiger charge is -2.15. The van der Waals surface area contributed by atoms with Gasteiger partial charge >= 0.3 is 0 Å². The van der Waals surface area contributed by atoms with Gasteiger partial charge in [0.25, 0.3) is 0 Å². The highest BCUT2D eigenvalue weighted by Crippen LogP contribution is 2.20. The Morgan fingerprint density at radius 3 is 2.58 bits per heavy atom. The van der Waals surface area contributed by atoms with Crippen LogP contribution < -0.4 is 0 Å². The van der Waals surface area contributed by atoms with Crippen molar-refractivity contribution in [2.75, 3.05) is 13.1 Å². The third-order valence-electron chi connectivity index (χ3n) is 3.93. The Morgan fingerprint density at radius 1 is 1.42 bits per heavy atom. The van der Waals surface area contributed by atoms with Gasteiger partial charge in [0.1, 0.15) is 0 Å². The van der Waals surface area contributed by atoms with Crippen molar-refractivity contribution in [3.8, 4) is 0 Å². The number of aryl methyl sites for hydroxylation is 1. The maximum Gasteiger partial charge on any atom is 0.223 e. The van der Waals surface area contributed by atoms with Crippen LogP contribution in [-0.4, -0.2) is 34.2 Å². The Labute approximate surface area is 114 Å². The van der Waals surface area contributed by atoms with Crippen LogP contribution in [0.2, 0.25) is 0 Å². The summed E-state index contributed by atoms with van der Waals surface area (Å²) in [5.41, 5.74) is 2.86. The molecule has 0 radical (unpaired) electrons. The molecule has 0 aliphatic carbocycles. The van der Waals surface area contributed by atoms with E-state index in [2.05, 4.69) is 11.5 Å². The molecule has 0 spiro atoms. The third kappa shape index (κ3) is 2.57. The number of nitrogens with zero attached hydrogens (tertiary/aromatic N) is 2. The van der Waals surface area contributed by atoms with Gasteiger partial charge in [-0.15, -0.1) is 0 Å². The Hall–Kier alpha value is -1.58. The maximum absolute atomic E-state index is 12.3. The Balaban J connectivity index is 2.15. The molecule has 1 amide bonds. The number of ketones is 1. The summed E-state index contributed by atoms with van der Waals surface area (Å²) >= 11 is 0. The third-order valence-corrected chi connectivity index (χ3v) is 3.93. The highest BCUT2D eigenvalue weighted by molar-refractivity contribution is 6.00. The topological polar surface area (TPSA) is 42.3 Å². The van der Waals surface area contributed by atoms with Gasteiger partial charge in [0.05, 0.1) is 6.54 Å². The molecule has 0 bridgehead atoms. The summed E-state index contributed by atoms with van der Waals surface area (Å²) < 4.78 is 2.13. The van der Waals surface area contributed by atoms with Crippen molar-refractivity contribution in [1.29, 1.82) is 0 Å². The second kappa shape index (κ2) is 5.19. The van der Waals surface area contributed by atoms with Gasteiger partial charge < -0.3 is 9.47 Å². The molecule has 19 heavy (non-hydrogen) atoms. The molecule has 4 heteroatoms. The Bertz CT molecular complexity index is 516. The van der Waals surface area contributed by atoms with Crippen molar-refractivity contribution in [3.05, 3.63) is 23.0 Å². The molecule has 1 aliphatic heterocycles. The number of hydrogen-bond donors (Lipinski definition) is 0. The molecule has 2 heterocycles. The zero-order chi connectivity index (χ0) is 14.2. The molecule has 0 N–H and O–H groups in total. The lowest BCUT2D eigenvalue weighted by atomic mass is 10.1. The van der Waals surface area contributed by atoms with Crippen molar-refractivity contribution in [1.82, 2.24) is 9.47 Å². The number of likely N-dealkylation sites (tertiary alicyclic amines) is 1. The first-order chi connectivity index (χ1) is 8.93. The van der Waals surface area contributed by atoms with E-state index < -0.39 is 0 Å². The summed E-state index contributed by atoms with van der Waals surface area (Å²) in [5.74, 6) is 0.517. The van der Waals surface area contributed by atoms with Gasteiger partial charge in [0.2, 0.25) is 5.91 Å². The fourth-order valence-corrected chi connectivity index (χ4v) is 2.95. The number of aromatic nitrogens is 1. The monoisotopic (exact) mass is 262 g/mol. The van der Waals surface area contributed by atoms with E-state index in [-0.39, 0.29) is 18.2 Å². The van der Waals surface area contributed by atoms with Crippen LogP contribution in [0.5, 0.6) is 0 Å². The average Bonchev–Trinajstić information content (AvgIpc) is 2.79. The van der Waals surface area contributed by atoms with Gasteiger partial charge in [0.15, 0.2) is 5.78 Å². The number of Topliss-reactive ketones (excluding diaryl/α,β-unsaturated/α-hetero) is 1. The molecule has 1 fully saturated rings. The minimum absolute atomic E-state index is 0.0512. The zero-order valence-electron chi connectivity index (χ0n) is 12.2. The van der Waals surface area contributed by atoms with Gasteiger partial charge in [-0.05, 0) is 32.8 Å². The lowest BCUT2D eigenvalue weighted by molar-refractivity contribution is -0.127. The first kappa shape index (κ1) is 13.8. The van der Waals surface area contributed by atoms with Crippen molar-refractivity contribution in [3.63, 3.8) is 0 Å². The van der Waals surface area contributed by atoms with Crippen LogP contribution >= 0.6 is 0 Å². The van der Waals surface area contributed by atoms with Gasteiger partial charge in [-0.3, -0.25) is 9.59 Å². The Kier molecular flexibility index (Phi) is 3.78. The van der Waals surface area contributed by atoms with Crippen LogP contribution in [0.1, 0.15) is 42.0 Å². The fourth-order valence-electron chi connectivity index (χ4n) is 2.95. The SMILES string of the molecule is CCn1c(C)cc(C(=O)CN2CC(C)CC2=O)c1C. The van der Waals surface area contributed by atoms with Crippen LogP contribution in [0.15, 0.2) is 6.07 Å². The first-order valence-corrected chi connectivity index (χ1v) is 6.91. The highest BCUT2D eigenvalue weighted by atomic mass is 16.2. The van der Waals surface area contributed by atoms with E-state index in [1.807, 2.05) is 26.8 Å². The lowest BCUT2D eigenvalue weighted by Crippen LogP contribution is -2.31. The van der Waals surface area contributed by atoms with Crippen molar-refractivity contribution in [2.24, 2.45) is 5.92 Å². The standard InChI is InChI=1S/C15H22N2O2/c1-5-17-11(3)7-13(12(17)4)14(18)9-16-8-10(2)6-15(16)19/h7,10H,5-6,8-9H2,1-4H3. The molecule has 1 aromatic rings. The maximum atomic E-state index is 12.3. The van der Waals surface area contributed by atoms with Crippen LogP contribution in [0.25, 0.3) is 0 Å². The number of hydrogen-bond acceptors (Lipinski definition) is 2. The van der Waals surface area contributed by atoms with Crippen molar-refractivity contribution >= 4 is 11.7 Å². The molecule has 104 valence electrons. The highest BCUT2D eigenvalue weighted by Gasteiger charge is 2.28. The van der Waals surface area contributed by atoms with E-state index in [1.165, 1.54) is 0 Å². The van der Waals surface area contributed by atoms with Gasteiger partial charge in [0, 0.05) is 36.5 Å². The van der Waals surface area contributed by atoms with E-state index in [4.69, 9.17) is 0 Å². The molecule has 1 saturated heterocycles. The second-order valence-corrected chi connectivity index (χ2v) is 5.54. The van der Waals surface area contributed by atoms with Gasteiger partial charge in [-0.2, -0.15) is 0 Å². The van der Waals surface area contributed by atoms with E-state index in [1.54, 1.807) is 4.90 Å². The van der Waals surface area contributed by atoms with E-state index >= 15 is 0 Å². The molecule has 1 unspecified atom stereocenters. The largest absolute Gasteiger partial charge is 0.349 e. The average molecular weight is 262 g/mol. The Morgan fingerprint density at radius 2 is 2.11 bits per heavy atom. The summed E-state index contributed by atoms with van der Waals surface area (Å²) in [4.78, 5) is 25.8. The minimum Gasteiger partial charge on any atom is -0.349 e. The van der Waals surface area contributed by atoms with Gasteiger partial charge in [-0.25, -0.2) is 0 Å². The number of rotatable bonds is 4. The molecular formula is C15H22N2O2. The molecule has 1 aromatic heterocycles. The van der Waals surface area contributed by atoms with E-state index in [9.17, 15) is 9.59 Å². The zero-order valence-corrected chi connectivity index (χ0v) is 12.2. The quantitative estimate of drug-likeness (QED) is 0.780. The normalized spacial score (nSPS) is 19.3. The van der Waals surface area contributed by atoms with Crippen LogP contribution in [0, 0.1) is 19.8 Å². The summed E-state index contributed by atoms with van der Waals surface area (Å²) in [7, 11) is 0. The predicted octanol–water partition coefficient (Wildman–Crippen LogP) is 2.18. The summed E-state index contributed by atoms with van der Waals surface area (Å²) in [6.07, 6.45) is 0.571. The molecule has 1 atom stereocenters. The van der Waals surface area contributed by atoms with Crippen molar-refractivity contribution in [2.45, 2.75) is 40.7 Å². The summed E-state index contributed by atoms with van der Waals surface area (Å²) in [6, 6.07) is 1.94. The second-order valence-electron chi connectivity index (χ2n) is 5.54. The first-order valence-electron chi connectivity index (χ1n) is 6.91. The van der Waals surface area contributed by atoms with Gasteiger partial charge in [-0.1, -0.05) is 6.92 Å². The molecule has 0 saturated carbocycles. The fraction of sp³-hybridized carbons (Fsp3) is 0.600. The van der Waals surface area contributed by atoms with Crippen molar-refractivity contribution < 1.29 is 9.59 Å². The van der Waals surface area contributed by atoms with Crippen LogP contribution in [0.3, 0.4) is 0 Å². The number of amides is 1. The van der Waals surface area contributed by atoms with E-state index in [0.717, 1.165) is 23.5 Å². The molecule has 0 aromatic carbocycles. The minimum atomic E-state index is 0.0512. The molecule has 1 aliphatic rings. The summed E-state index contributed by atoms with van der Waals surface area (Å²) in [5, 5.41) is 0. The number of carbonyl (C=O) groups is 2.